The Kier molecular flexibility index (Phi) is 4.30. The summed E-state index contributed by atoms with van der Waals surface area (Å²) in [5.41, 5.74) is 1.07. The minimum Gasteiger partial charge on any atom is -0.493 e. The van der Waals surface area contributed by atoms with Crippen LogP contribution >= 0.6 is 0 Å². The van der Waals surface area contributed by atoms with Crippen LogP contribution in [0.15, 0.2) is 18.3 Å². The summed E-state index contributed by atoms with van der Waals surface area (Å²) in [4.78, 5) is 4.37. The van der Waals surface area contributed by atoms with Gasteiger partial charge in [0, 0.05) is 38.1 Å². The molecule has 2 fully saturated rings. The van der Waals surface area contributed by atoms with Crippen molar-refractivity contribution in [2.24, 2.45) is 5.92 Å². The summed E-state index contributed by atoms with van der Waals surface area (Å²) in [6.07, 6.45) is 6.67. The molecule has 1 aromatic rings. The van der Waals surface area contributed by atoms with Crippen molar-refractivity contribution in [1.29, 1.82) is 0 Å². The van der Waals surface area contributed by atoms with Gasteiger partial charge in [-0.2, -0.15) is 0 Å². The molecule has 2 heterocycles. The molecule has 4 nitrogen and oxygen atoms in total. The molecule has 2 aliphatic rings. The van der Waals surface area contributed by atoms with Gasteiger partial charge in [0.05, 0.1) is 12.3 Å². The van der Waals surface area contributed by atoms with Crippen molar-refractivity contribution in [1.82, 2.24) is 10.3 Å². The Morgan fingerprint density at radius 3 is 2.89 bits per heavy atom. The zero-order valence-electron chi connectivity index (χ0n) is 11.3. The highest BCUT2D eigenvalue weighted by Crippen LogP contribution is 2.20. The lowest BCUT2D eigenvalue weighted by atomic mass is 10.0. The first-order chi connectivity index (χ1) is 9.40. The number of hydrogen-bond acceptors (Lipinski definition) is 4. The fourth-order valence-electron chi connectivity index (χ4n) is 2.31. The van der Waals surface area contributed by atoms with Crippen molar-refractivity contribution in [3.05, 3.63) is 24.0 Å². The minimum absolute atomic E-state index is 0.634. The summed E-state index contributed by atoms with van der Waals surface area (Å²) in [6.45, 7) is 3.39. The third-order valence-electron chi connectivity index (χ3n) is 3.76. The Labute approximate surface area is 114 Å². The molecule has 0 unspecified atom stereocenters. The van der Waals surface area contributed by atoms with E-state index in [1.807, 2.05) is 12.3 Å². The summed E-state index contributed by atoms with van der Waals surface area (Å²) in [7, 11) is 0. The first-order valence-electron chi connectivity index (χ1n) is 7.29. The van der Waals surface area contributed by atoms with E-state index in [0.717, 1.165) is 50.7 Å². The maximum atomic E-state index is 5.89. The van der Waals surface area contributed by atoms with Crippen LogP contribution in [0.25, 0.3) is 0 Å². The number of rotatable bonds is 6. The molecule has 0 radical (unpaired) electrons. The largest absolute Gasteiger partial charge is 0.493 e. The second kappa shape index (κ2) is 6.35. The maximum absolute atomic E-state index is 5.89. The molecule has 19 heavy (non-hydrogen) atoms. The zero-order chi connectivity index (χ0) is 12.9. The molecule has 0 amide bonds. The normalized spacial score (nSPS) is 20.4. The zero-order valence-corrected chi connectivity index (χ0v) is 11.3. The smallest absolute Gasteiger partial charge is 0.122 e. The van der Waals surface area contributed by atoms with Crippen LogP contribution in [-0.2, 0) is 11.3 Å². The Morgan fingerprint density at radius 1 is 1.26 bits per heavy atom. The van der Waals surface area contributed by atoms with Crippen LogP contribution in [0, 0.1) is 5.92 Å². The standard InChI is InChI=1S/C15H22N2O2/c1-2-13(1)17-10-14-9-15(3-6-16-14)19-11-12-4-7-18-8-5-12/h3,6,9,12-13,17H,1-2,4-5,7-8,10-11H2. The third kappa shape index (κ3) is 4.18. The lowest BCUT2D eigenvalue weighted by Gasteiger charge is -2.22. The Hall–Kier alpha value is -1.13. The highest BCUT2D eigenvalue weighted by atomic mass is 16.5. The van der Waals surface area contributed by atoms with Crippen LogP contribution < -0.4 is 10.1 Å². The summed E-state index contributed by atoms with van der Waals surface area (Å²) >= 11 is 0. The van der Waals surface area contributed by atoms with Gasteiger partial charge in [0.25, 0.3) is 0 Å². The summed E-state index contributed by atoms with van der Waals surface area (Å²) < 4.78 is 11.2. The molecule has 1 aromatic heterocycles. The summed E-state index contributed by atoms with van der Waals surface area (Å²) in [6, 6.07) is 4.71. The molecule has 1 saturated heterocycles. The van der Waals surface area contributed by atoms with Crippen molar-refractivity contribution >= 4 is 0 Å². The second-order valence-electron chi connectivity index (χ2n) is 5.50. The summed E-state index contributed by atoms with van der Waals surface area (Å²) in [5, 5.41) is 3.47. The van der Waals surface area contributed by atoms with Crippen LogP contribution in [-0.4, -0.2) is 30.8 Å². The van der Waals surface area contributed by atoms with E-state index in [4.69, 9.17) is 9.47 Å². The molecule has 3 rings (SSSR count). The molecule has 1 aliphatic carbocycles. The second-order valence-corrected chi connectivity index (χ2v) is 5.50. The van der Waals surface area contributed by atoms with Gasteiger partial charge < -0.3 is 14.8 Å². The van der Waals surface area contributed by atoms with Crippen LogP contribution in [0.1, 0.15) is 31.4 Å². The van der Waals surface area contributed by atoms with Crippen LogP contribution in [0.2, 0.25) is 0 Å². The van der Waals surface area contributed by atoms with Crippen molar-refractivity contribution in [2.45, 2.75) is 38.3 Å². The van der Waals surface area contributed by atoms with Gasteiger partial charge in [-0.15, -0.1) is 0 Å². The molecule has 1 aliphatic heterocycles. The predicted octanol–water partition coefficient (Wildman–Crippen LogP) is 2.14. The SMILES string of the molecule is c1cc(OCC2CCOCC2)cc(CNC2CC2)n1. The quantitative estimate of drug-likeness (QED) is 0.853. The van der Waals surface area contributed by atoms with Crippen molar-refractivity contribution in [3.63, 3.8) is 0 Å². The number of aromatic nitrogens is 1. The van der Waals surface area contributed by atoms with E-state index in [1.54, 1.807) is 0 Å². The van der Waals surface area contributed by atoms with Crippen LogP contribution in [0.4, 0.5) is 0 Å². The number of pyridine rings is 1. The van der Waals surface area contributed by atoms with E-state index >= 15 is 0 Å². The van der Waals surface area contributed by atoms with E-state index in [9.17, 15) is 0 Å². The van der Waals surface area contributed by atoms with Gasteiger partial charge in [-0.05, 0) is 37.7 Å². The highest BCUT2D eigenvalue weighted by molar-refractivity contribution is 5.22. The maximum Gasteiger partial charge on any atom is 0.122 e. The van der Waals surface area contributed by atoms with Gasteiger partial charge in [-0.25, -0.2) is 0 Å². The molecule has 1 N–H and O–H groups in total. The van der Waals surface area contributed by atoms with Crippen molar-refractivity contribution in [3.8, 4) is 5.75 Å². The van der Waals surface area contributed by atoms with E-state index in [2.05, 4.69) is 16.4 Å². The molecule has 4 heteroatoms. The Bertz CT molecular complexity index is 401. The number of nitrogens with one attached hydrogen (secondary N) is 1. The summed E-state index contributed by atoms with van der Waals surface area (Å²) in [5.74, 6) is 1.57. The van der Waals surface area contributed by atoms with Crippen molar-refractivity contribution < 1.29 is 9.47 Å². The average Bonchev–Trinajstić information content (AvgIpc) is 3.29. The molecular weight excluding hydrogens is 240 g/mol. The van der Waals surface area contributed by atoms with Crippen LogP contribution in [0.3, 0.4) is 0 Å². The number of nitrogens with zero attached hydrogens (tertiary/aromatic N) is 1. The number of ether oxygens (including phenoxy) is 2. The fraction of sp³-hybridized carbons (Fsp3) is 0.667. The highest BCUT2D eigenvalue weighted by Gasteiger charge is 2.20. The van der Waals surface area contributed by atoms with E-state index in [0.29, 0.717) is 12.0 Å². The molecule has 0 spiro atoms. The monoisotopic (exact) mass is 262 g/mol. The molecule has 0 aromatic carbocycles. The first-order valence-corrected chi connectivity index (χ1v) is 7.29. The van der Waals surface area contributed by atoms with Crippen molar-refractivity contribution in [2.75, 3.05) is 19.8 Å². The number of hydrogen-bond donors (Lipinski definition) is 1. The van der Waals surface area contributed by atoms with E-state index < -0.39 is 0 Å². The third-order valence-corrected chi connectivity index (χ3v) is 3.76. The molecule has 0 bridgehead atoms. The van der Waals surface area contributed by atoms with Gasteiger partial charge in [-0.1, -0.05) is 0 Å². The Balaban J connectivity index is 1.47. The van der Waals surface area contributed by atoms with E-state index in [-0.39, 0.29) is 0 Å². The van der Waals surface area contributed by atoms with Gasteiger partial charge in [0.15, 0.2) is 0 Å². The lowest BCUT2D eigenvalue weighted by Crippen LogP contribution is -2.21. The molecule has 1 saturated carbocycles. The minimum atomic E-state index is 0.634. The Morgan fingerprint density at radius 2 is 2.11 bits per heavy atom. The topological polar surface area (TPSA) is 43.4 Å². The lowest BCUT2D eigenvalue weighted by molar-refractivity contribution is 0.0497. The van der Waals surface area contributed by atoms with E-state index in [1.165, 1.54) is 12.8 Å². The average molecular weight is 262 g/mol. The van der Waals surface area contributed by atoms with Gasteiger partial charge in [-0.3, -0.25) is 4.98 Å². The molecule has 0 atom stereocenters. The first kappa shape index (κ1) is 12.9. The fourth-order valence-corrected chi connectivity index (χ4v) is 2.31. The van der Waals surface area contributed by atoms with Gasteiger partial charge >= 0.3 is 0 Å². The van der Waals surface area contributed by atoms with Gasteiger partial charge in [0.1, 0.15) is 5.75 Å². The van der Waals surface area contributed by atoms with Crippen LogP contribution in [0.5, 0.6) is 5.75 Å². The molecule has 104 valence electrons. The molecular formula is C15H22N2O2. The predicted molar refractivity (Wildman–Crippen MR) is 73.1 cm³/mol. The van der Waals surface area contributed by atoms with Gasteiger partial charge in [0.2, 0.25) is 0 Å².